The lowest BCUT2D eigenvalue weighted by Crippen LogP contribution is -2.50. The molecule has 0 rings (SSSR count). The lowest BCUT2D eigenvalue weighted by atomic mass is 10.2. The normalized spacial score (nSPS) is 10.7. The molecule has 0 aromatic carbocycles. The predicted octanol–water partition coefficient (Wildman–Crippen LogP) is 2.52. The van der Waals surface area contributed by atoms with Gasteiger partial charge in [0.2, 0.25) is 0 Å². The van der Waals surface area contributed by atoms with Crippen LogP contribution in [-0.2, 0) is 14.3 Å². The van der Waals surface area contributed by atoms with Gasteiger partial charge in [-0.3, -0.25) is 4.79 Å². The maximum atomic E-state index is 10.4. The highest BCUT2D eigenvalue weighted by Crippen LogP contribution is 2.12. The average molecular weight is 331 g/mol. The first-order valence-corrected chi connectivity index (χ1v) is 9.11. The van der Waals surface area contributed by atoms with Crippen LogP contribution in [0.1, 0.15) is 73.1 Å². The van der Waals surface area contributed by atoms with Gasteiger partial charge < -0.3 is 19.1 Å². The molecular weight excluding hydrogens is 294 g/mol. The zero-order chi connectivity index (χ0) is 18.1. The van der Waals surface area contributed by atoms with Crippen LogP contribution in [0.3, 0.4) is 0 Å². The van der Waals surface area contributed by atoms with Gasteiger partial charge in [0.1, 0.15) is 0 Å². The van der Waals surface area contributed by atoms with E-state index < -0.39 is 18.4 Å². The Kier molecular flexibility index (Phi) is 16.6. The summed E-state index contributed by atoms with van der Waals surface area (Å²) in [6.07, 6.45) is 5.37. The van der Waals surface area contributed by atoms with Crippen molar-refractivity contribution in [3.63, 3.8) is 0 Å². The van der Waals surface area contributed by atoms with Crippen molar-refractivity contribution < 1.29 is 23.9 Å². The highest BCUT2D eigenvalue weighted by Gasteiger charge is 2.22. The molecule has 0 saturated heterocycles. The molecule has 0 spiro atoms. The molecule has 0 amide bonds. The zero-order valence-corrected chi connectivity index (χ0v) is 15.9. The quantitative estimate of drug-likeness (QED) is 0.313. The van der Waals surface area contributed by atoms with Crippen LogP contribution in [0.15, 0.2) is 0 Å². The summed E-state index contributed by atoms with van der Waals surface area (Å²) in [7, 11) is 0. The number of carbonyl (C=O) groups is 2. The van der Waals surface area contributed by atoms with E-state index >= 15 is 0 Å². The fraction of sp³-hybridized carbons (Fsp3) is 0.889. The molecule has 0 aliphatic rings. The van der Waals surface area contributed by atoms with Crippen molar-refractivity contribution in [3.8, 4) is 0 Å². The zero-order valence-electron chi connectivity index (χ0n) is 15.9. The fourth-order valence-corrected chi connectivity index (χ4v) is 2.95. The summed E-state index contributed by atoms with van der Waals surface area (Å²) in [6, 6.07) is 0. The van der Waals surface area contributed by atoms with Crippen molar-refractivity contribution in [2.45, 2.75) is 73.1 Å². The third-order valence-electron chi connectivity index (χ3n) is 3.55. The van der Waals surface area contributed by atoms with Crippen LogP contribution in [0.4, 0.5) is 0 Å². The molecule has 0 atom stereocenters. The van der Waals surface area contributed by atoms with Crippen molar-refractivity contribution in [3.05, 3.63) is 0 Å². The maximum Gasteiger partial charge on any atom is 0.311 e. The number of hydrogen-bond donors (Lipinski definition) is 0. The van der Waals surface area contributed by atoms with Crippen molar-refractivity contribution >= 4 is 11.9 Å². The van der Waals surface area contributed by atoms with Gasteiger partial charge >= 0.3 is 5.97 Å². The highest BCUT2D eigenvalue weighted by molar-refractivity contribution is 5.88. The van der Waals surface area contributed by atoms with Crippen LogP contribution < -0.4 is 5.11 Å². The first kappa shape index (κ1) is 24.2. The van der Waals surface area contributed by atoms with Crippen molar-refractivity contribution in [1.82, 2.24) is 0 Å². The summed E-state index contributed by atoms with van der Waals surface area (Å²) in [5, 5.41) is 9.76. The number of quaternary nitrogens is 1. The topological polar surface area (TPSA) is 66.4 Å². The van der Waals surface area contributed by atoms with E-state index in [-0.39, 0.29) is 6.61 Å². The molecule has 0 aliphatic heterocycles. The number of hydrogen-bond acceptors (Lipinski definition) is 4. The second kappa shape index (κ2) is 15.8. The van der Waals surface area contributed by atoms with Crippen molar-refractivity contribution in [1.29, 1.82) is 0 Å². The van der Waals surface area contributed by atoms with E-state index in [9.17, 15) is 14.7 Å². The molecule has 0 N–H and O–H groups in total. The molecule has 0 saturated carbocycles. The van der Waals surface area contributed by atoms with Gasteiger partial charge in [-0.25, -0.2) is 0 Å². The number of carboxylic acid groups (broad SMARTS) is 1. The Balaban J connectivity index is 0. The Labute approximate surface area is 142 Å². The molecule has 0 radical (unpaired) electrons. The number of carbonyl (C=O) groups excluding carboxylic acids is 2. The minimum absolute atomic E-state index is 0.270. The standard InChI is InChI=1S/C12H28N.C6H10O4/c1-5-9-13(10-6-2,11-7-3)12-8-4;1-2-3-10-6(9)4-5(7)8/h5-12H2,1-4H3;2-4H2,1H3,(H,7,8)/q+1;/p-1. The number of ether oxygens (including phenoxy) is 1. The first-order valence-electron chi connectivity index (χ1n) is 9.11. The van der Waals surface area contributed by atoms with Crippen molar-refractivity contribution in [2.24, 2.45) is 0 Å². The minimum Gasteiger partial charge on any atom is -0.550 e. The van der Waals surface area contributed by atoms with Crippen LogP contribution in [0.5, 0.6) is 0 Å². The average Bonchev–Trinajstić information content (AvgIpc) is 2.46. The maximum absolute atomic E-state index is 10.4. The van der Waals surface area contributed by atoms with E-state index in [0.29, 0.717) is 6.42 Å². The Morgan fingerprint density at radius 1 is 0.783 bits per heavy atom. The lowest BCUT2D eigenvalue weighted by molar-refractivity contribution is -0.928. The van der Waals surface area contributed by atoms with Crippen LogP contribution in [0.2, 0.25) is 0 Å². The molecule has 0 heterocycles. The second-order valence-electron chi connectivity index (χ2n) is 6.01. The fourth-order valence-electron chi connectivity index (χ4n) is 2.95. The summed E-state index contributed by atoms with van der Waals surface area (Å²) in [4.78, 5) is 20.1. The van der Waals surface area contributed by atoms with Gasteiger partial charge in [0, 0.05) is 0 Å². The van der Waals surface area contributed by atoms with E-state index in [4.69, 9.17) is 0 Å². The predicted molar refractivity (Wildman–Crippen MR) is 91.8 cm³/mol. The molecule has 23 heavy (non-hydrogen) atoms. The molecule has 0 aliphatic carbocycles. The van der Waals surface area contributed by atoms with Gasteiger partial charge in [-0.05, 0) is 32.1 Å². The lowest BCUT2D eigenvalue weighted by Gasteiger charge is -2.38. The second-order valence-corrected chi connectivity index (χ2v) is 6.01. The summed E-state index contributed by atoms with van der Waals surface area (Å²) >= 11 is 0. The summed E-state index contributed by atoms with van der Waals surface area (Å²) in [5.74, 6) is -2.14. The van der Waals surface area contributed by atoms with Crippen LogP contribution >= 0.6 is 0 Å². The molecule has 138 valence electrons. The number of carboxylic acids is 1. The van der Waals surface area contributed by atoms with E-state index in [2.05, 4.69) is 32.4 Å². The minimum atomic E-state index is -1.40. The Morgan fingerprint density at radius 2 is 1.17 bits per heavy atom. The number of aliphatic carboxylic acids is 1. The molecular formula is C18H37NO4. The van der Waals surface area contributed by atoms with E-state index in [1.807, 2.05) is 6.92 Å². The molecule has 0 aromatic rings. The molecule has 0 bridgehead atoms. The van der Waals surface area contributed by atoms with Gasteiger partial charge in [-0.15, -0.1) is 0 Å². The smallest absolute Gasteiger partial charge is 0.311 e. The van der Waals surface area contributed by atoms with E-state index in [1.54, 1.807) is 0 Å². The van der Waals surface area contributed by atoms with E-state index in [1.165, 1.54) is 56.3 Å². The Hall–Kier alpha value is -1.10. The van der Waals surface area contributed by atoms with Gasteiger partial charge in [0.25, 0.3) is 0 Å². The monoisotopic (exact) mass is 331 g/mol. The first-order chi connectivity index (χ1) is 10.9. The third-order valence-corrected chi connectivity index (χ3v) is 3.55. The number of esters is 1. The molecule has 5 heteroatoms. The van der Waals surface area contributed by atoms with Gasteiger partial charge in [-0.2, -0.15) is 0 Å². The van der Waals surface area contributed by atoms with Gasteiger partial charge in [0.15, 0.2) is 0 Å². The summed E-state index contributed by atoms with van der Waals surface area (Å²) < 4.78 is 5.82. The number of nitrogens with zero attached hydrogens (tertiary/aromatic N) is 1. The highest BCUT2D eigenvalue weighted by atomic mass is 16.5. The van der Waals surface area contributed by atoms with E-state index in [0.717, 1.165) is 0 Å². The largest absolute Gasteiger partial charge is 0.550 e. The van der Waals surface area contributed by atoms with Gasteiger partial charge in [-0.1, -0.05) is 34.6 Å². The van der Waals surface area contributed by atoms with Crippen LogP contribution in [0.25, 0.3) is 0 Å². The van der Waals surface area contributed by atoms with Crippen LogP contribution in [0, 0.1) is 0 Å². The summed E-state index contributed by atoms with van der Waals surface area (Å²) in [5.41, 5.74) is 0. The molecule has 0 aromatic heterocycles. The van der Waals surface area contributed by atoms with Gasteiger partial charge in [0.05, 0.1) is 45.2 Å². The SMILES string of the molecule is CCCOC(=O)CC(=O)[O-].CCC[N+](CCC)(CCC)CCC. The van der Waals surface area contributed by atoms with Crippen LogP contribution in [-0.4, -0.2) is 49.2 Å². The molecule has 0 unspecified atom stereocenters. The number of rotatable bonds is 12. The third kappa shape index (κ3) is 14.2. The molecule has 5 nitrogen and oxygen atoms in total. The summed E-state index contributed by atoms with van der Waals surface area (Å²) in [6.45, 7) is 16.9. The molecule has 0 fully saturated rings. The Bertz CT molecular complexity index is 276. The Morgan fingerprint density at radius 3 is 1.43 bits per heavy atom. The van der Waals surface area contributed by atoms with Crippen molar-refractivity contribution in [2.75, 3.05) is 32.8 Å².